The second-order valence-electron chi connectivity index (χ2n) is 5.40. The highest BCUT2D eigenvalue weighted by Gasteiger charge is 2.11. The smallest absolute Gasteiger partial charge is 0.150 e. The first-order valence-electron chi connectivity index (χ1n) is 7.33. The van der Waals surface area contributed by atoms with Crippen molar-refractivity contribution in [1.82, 2.24) is 0 Å². The van der Waals surface area contributed by atoms with Crippen LogP contribution in [0, 0.1) is 0 Å². The minimum atomic E-state index is 0.732. The molecule has 0 heterocycles. The maximum absolute atomic E-state index is 11.6. The normalized spacial score (nSPS) is 10.9. The Morgan fingerprint density at radius 2 is 1.23 bits per heavy atom. The van der Waals surface area contributed by atoms with Crippen molar-refractivity contribution in [2.24, 2.45) is 0 Å². The van der Waals surface area contributed by atoms with E-state index in [1.54, 1.807) is 0 Å². The SMILES string of the molecule is O=Cc1ccc2ccccc2c1-c1cccc2ccccc12. The third kappa shape index (κ3) is 1.91. The van der Waals surface area contributed by atoms with Gasteiger partial charge < -0.3 is 0 Å². The highest BCUT2D eigenvalue weighted by Crippen LogP contribution is 2.35. The van der Waals surface area contributed by atoms with E-state index in [4.69, 9.17) is 0 Å². The maximum atomic E-state index is 11.6. The Morgan fingerprint density at radius 3 is 2.00 bits per heavy atom. The third-order valence-electron chi connectivity index (χ3n) is 4.15. The zero-order valence-electron chi connectivity index (χ0n) is 12.0. The lowest BCUT2D eigenvalue weighted by Gasteiger charge is -2.12. The van der Waals surface area contributed by atoms with Crippen LogP contribution in [0.1, 0.15) is 10.4 Å². The predicted molar refractivity (Wildman–Crippen MR) is 92.3 cm³/mol. The Hall–Kier alpha value is -2.93. The molecule has 0 fully saturated rings. The highest BCUT2D eigenvalue weighted by atomic mass is 16.1. The number of hydrogen-bond donors (Lipinski definition) is 0. The second-order valence-corrected chi connectivity index (χ2v) is 5.40. The molecule has 4 rings (SSSR count). The van der Waals surface area contributed by atoms with Crippen molar-refractivity contribution in [3.05, 3.63) is 84.4 Å². The Bertz CT molecular complexity index is 993. The predicted octanol–water partition coefficient (Wildman–Crippen LogP) is 5.47. The van der Waals surface area contributed by atoms with Gasteiger partial charge >= 0.3 is 0 Å². The molecular formula is C21H14O. The molecule has 0 spiro atoms. The number of carbonyl (C=O) groups is 1. The Morgan fingerprint density at radius 1 is 0.591 bits per heavy atom. The Labute approximate surface area is 128 Å². The number of carbonyl (C=O) groups excluding carboxylic acids is 1. The number of fused-ring (bicyclic) bond motifs is 2. The van der Waals surface area contributed by atoms with Crippen LogP contribution in [0.5, 0.6) is 0 Å². The summed E-state index contributed by atoms with van der Waals surface area (Å²) in [6.07, 6.45) is 0.948. The lowest BCUT2D eigenvalue weighted by Crippen LogP contribution is -1.91. The van der Waals surface area contributed by atoms with E-state index in [2.05, 4.69) is 36.4 Å². The van der Waals surface area contributed by atoms with Crippen molar-refractivity contribution in [3.63, 3.8) is 0 Å². The molecule has 1 heteroatoms. The van der Waals surface area contributed by atoms with Crippen LogP contribution in [-0.4, -0.2) is 6.29 Å². The van der Waals surface area contributed by atoms with Gasteiger partial charge in [0, 0.05) is 11.1 Å². The number of rotatable bonds is 2. The van der Waals surface area contributed by atoms with Crippen molar-refractivity contribution in [1.29, 1.82) is 0 Å². The van der Waals surface area contributed by atoms with Gasteiger partial charge in [-0.05, 0) is 27.1 Å². The summed E-state index contributed by atoms with van der Waals surface area (Å²) in [5.74, 6) is 0. The molecule has 0 aromatic heterocycles. The van der Waals surface area contributed by atoms with Gasteiger partial charge in [-0.1, -0.05) is 78.9 Å². The van der Waals surface area contributed by atoms with Crippen LogP contribution in [0.2, 0.25) is 0 Å². The lowest BCUT2D eigenvalue weighted by atomic mass is 9.90. The van der Waals surface area contributed by atoms with Gasteiger partial charge in [-0.15, -0.1) is 0 Å². The van der Waals surface area contributed by atoms with Crippen LogP contribution >= 0.6 is 0 Å². The summed E-state index contributed by atoms with van der Waals surface area (Å²) in [6.45, 7) is 0. The molecule has 0 aliphatic rings. The molecule has 1 nitrogen and oxygen atoms in total. The molecule has 22 heavy (non-hydrogen) atoms. The monoisotopic (exact) mass is 282 g/mol. The topological polar surface area (TPSA) is 17.1 Å². The average molecular weight is 282 g/mol. The van der Waals surface area contributed by atoms with Crippen LogP contribution in [0.4, 0.5) is 0 Å². The van der Waals surface area contributed by atoms with Gasteiger partial charge in [0.2, 0.25) is 0 Å². The van der Waals surface area contributed by atoms with Gasteiger partial charge in [0.25, 0.3) is 0 Å². The van der Waals surface area contributed by atoms with Gasteiger partial charge in [0.05, 0.1) is 0 Å². The fourth-order valence-electron chi connectivity index (χ4n) is 3.13. The third-order valence-corrected chi connectivity index (χ3v) is 4.15. The Kier molecular flexibility index (Phi) is 2.97. The van der Waals surface area contributed by atoms with Crippen molar-refractivity contribution in [3.8, 4) is 11.1 Å². The molecule has 0 saturated carbocycles. The van der Waals surface area contributed by atoms with E-state index in [0.29, 0.717) is 0 Å². The van der Waals surface area contributed by atoms with E-state index >= 15 is 0 Å². The molecular weight excluding hydrogens is 268 g/mol. The van der Waals surface area contributed by atoms with Crippen LogP contribution < -0.4 is 0 Å². The fraction of sp³-hybridized carbons (Fsp3) is 0. The molecule has 0 atom stereocenters. The van der Waals surface area contributed by atoms with E-state index in [-0.39, 0.29) is 0 Å². The zero-order valence-corrected chi connectivity index (χ0v) is 12.0. The van der Waals surface area contributed by atoms with Gasteiger partial charge in [0.1, 0.15) is 0 Å². The minimum absolute atomic E-state index is 0.732. The molecule has 0 N–H and O–H groups in total. The largest absolute Gasteiger partial charge is 0.298 e. The summed E-state index contributed by atoms with van der Waals surface area (Å²) in [5.41, 5.74) is 2.86. The van der Waals surface area contributed by atoms with Crippen LogP contribution in [-0.2, 0) is 0 Å². The van der Waals surface area contributed by atoms with Crippen LogP contribution in [0.25, 0.3) is 32.7 Å². The zero-order chi connectivity index (χ0) is 14.9. The summed E-state index contributed by atoms with van der Waals surface area (Å²) in [6, 6.07) is 26.7. The lowest BCUT2D eigenvalue weighted by molar-refractivity contribution is 0.112. The summed E-state index contributed by atoms with van der Waals surface area (Å²) < 4.78 is 0. The molecule has 4 aromatic rings. The van der Waals surface area contributed by atoms with Gasteiger partial charge in [-0.25, -0.2) is 0 Å². The summed E-state index contributed by atoms with van der Waals surface area (Å²) in [4.78, 5) is 11.6. The van der Waals surface area contributed by atoms with Crippen molar-refractivity contribution < 1.29 is 4.79 Å². The standard InChI is InChI=1S/C21H14O/c22-14-17-13-12-16-7-2-4-10-19(16)21(17)20-11-5-8-15-6-1-3-9-18(15)20/h1-14H. The molecule has 0 radical (unpaired) electrons. The first-order chi connectivity index (χ1) is 10.9. The molecule has 0 saturated heterocycles. The molecule has 0 amide bonds. The van der Waals surface area contributed by atoms with Gasteiger partial charge in [-0.3, -0.25) is 4.79 Å². The number of benzene rings is 4. The summed E-state index contributed by atoms with van der Waals surface area (Å²) >= 11 is 0. The van der Waals surface area contributed by atoms with E-state index in [9.17, 15) is 4.79 Å². The maximum Gasteiger partial charge on any atom is 0.150 e. The van der Waals surface area contributed by atoms with Crippen LogP contribution in [0.3, 0.4) is 0 Å². The van der Waals surface area contributed by atoms with E-state index in [0.717, 1.165) is 33.7 Å². The first kappa shape index (κ1) is 12.8. The first-order valence-corrected chi connectivity index (χ1v) is 7.33. The van der Waals surface area contributed by atoms with Gasteiger partial charge in [0.15, 0.2) is 6.29 Å². The Balaban J connectivity index is 2.18. The van der Waals surface area contributed by atoms with Crippen molar-refractivity contribution in [2.45, 2.75) is 0 Å². The fourth-order valence-corrected chi connectivity index (χ4v) is 3.13. The molecule has 0 unspecified atom stereocenters. The average Bonchev–Trinajstić information content (AvgIpc) is 2.60. The molecule has 0 aliphatic carbocycles. The molecule has 4 aromatic carbocycles. The van der Waals surface area contributed by atoms with Crippen LogP contribution in [0.15, 0.2) is 78.9 Å². The minimum Gasteiger partial charge on any atom is -0.298 e. The summed E-state index contributed by atoms with van der Waals surface area (Å²) in [7, 11) is 0. The molecule has 0 bridgehead atoms. The summed E-state index contributed by atoms with van der Waals surface area (Å²) in [5, 5.41) is 4.62. The van der Waals surface area contributed by atoms with E-state index in [1.165, 1.54) is 10.8 Å². The van der Waals surface area contributed by atoms with Gasteiger partial charge in [-0.2, -0.15) is 0 Å². The van der Waals surface area contributed by atoms with E-state index in [1.807, 2.05) is 42.5 Å². The second kappa shape index (κ2) is 5.12. The number of hydrogen-bond acceptors (Lipinski definition) is 1. The quantitative estimate of drug-likeness (QED) is 0.445. The van der Waals surface area contributed by atoms with E-state index < -0.39 is 0 Å². The van der Waals surface area contributed by atoms with Crippen molar-refractivity contribution in [2.75, 3.05) is 0 Å². The van der Waals surface area contributed by atoms with Crippen molar-refractivity contribution >= 4 is 27.8 Å². The number of aldehydes is 1. The molecule has 104 valence electrons. The highest BCUT2D eigenvalue weighted by molar-refractivity contribution is 6.10. The molecule has 0 aliphatic heterocycles.